The maximum atomic E-state index is 13.3. The standard InChI is InChI=1S/C27H23N3O3S/c1-16-13-17(2)24-23(14-16)34-27(28-24)30-11-9-29(10-12-30)25(31)21-15-20-19-6-4-3-5-18(19)7-8-22(20)33-26(21)32/h3-8,13-15H,9-12H2,1-2H3. The van der Waals surface area contributed by atoms with E-state index in [1.54, 1.807) is 28.4 Å². The molecular weight excluding hydrogens is 446 g/mol. The second-order valence-electron chi connectivity index (χ2n) is 8.85. The molecule has 0 bridgehead atoms. The molecule has 3 heterocycles. The van der Waals surface area contributed by atoms with E-state index >= 15 is 0 Å². The number of carbonyl (C=O) groups is 1. The van der Waals surface area contributed by atoms with Crippen LogP contribution in [0.1, 0.15) is 21.5 Å². The summed E-state index contributed by atoms with van der Waals surface area (Å²) >= 11 is 1.69. The Balaban J connectivity index is 1.26. The third kappa shape index (κ3) is 3.44. The Morgan fingerprint density at radius 3 is 2.59 bits per heavy atom. The van der Waals surface area contributed by atoms with Gasteiger partial charge in [-0.15, -0.1) is 0 Å². The van der Waals surface area contributed by atoms with Crippen molar-refractivity contribution in [2.45, 2.75) is 13.8 Å². The lowest BCUT2D eigenvalue weighted by Gasteiger charge is -2.34. The predicted molar refractivity (Wildman–Crippen MR) is 137 cm³/mol. The van der Waals surface area contributed by atoms with Crippen LogP contribution in [0.25, 0.3) is 32.0 Å². The van der Waals surface area contributed by atoms with Gasteiger partial charge in [-0.2, -0.15) is 0 Å². The van der Waals surface area contributed by atoms with Crippen LogP contribution in [0.15, 0.2) is 63.8 Å². The summed E-state index contributed by atoms with van der Waals surface area (Å²) in [5, 5.41) is 3.76. The number of benzene rings is 3. The summed E-state index contributed by atoms with van der Waals surface area (Å²) in [7, 11) is 0. The highest BCUT2D eigenvalue weighted by Gasteiger charge is 2.26. The van der Waals surface area contributed by atoms with Crippen LogP contribution in [0, 0.1) is 13.8 Å². The zero-order chi connectivity index (χ0) is 23.4. The normalized spacial score (nSPS) is 14.4. The van der Waals surface area contributed by atoms with Crippen molar-refractivity contribution in [3.8, 4) is 0 Å². The molecule has 0 aliphatic carbocycles. The highest BCUT2D eigenvalue weighted by molar-refractivity contribution is 7.22. The third-order valence-corrected chi connectivity index (χ3v) is 7.59. The number of aryl methyl sites for hydroxylation is 2. The van der Waals surface area contributed by atoms with E-state index < -0.39 is 5.63 Å². The Morgan fingerprint density at radius 1 is 0.971 bits per heavy atom. The Bertz CT molecular complexity index is 1640. The largest absolute Gasteiger partial charge is 0.422 e. The molecular formula is C27H23N3O3S. The fourth-order valence-corrected chi connectivity index (χ4v) is 5.98. The van der Waals surface area contributed by atoms with Gasteiger partial charge in [-0.25, -0.2) is 9.78 Å². The SMILES string of the molecule is Cc1cc(C)c2nc(N3CCN(C(=O)c4cc5c(ccc6ccccc65)oc4=O)CC3)sc2c1. The quantitative estimate of drug-likeness (QED) is 0.265. The maximum Gasteiger partial charge on any atom is 0.349 e. The zero-order valence-electron chi connectivity index (χ0n) is 19.0. The van der Waals surface area contributed by atoms with E-state index in [1.165, 1.54) is 15.8 Å². The fraction of sp³-hybridized carbons (Fsp3) is 0.222. The molecule has 34 heavy (non-hydrogen) atoms. The number of hydrogen-bond acceptors (Lipinski definition) is 6. The van der Waals surface area contributed by atoms with Crippen molar-refractivity contribution in [3.05, 3.63) is 81.7 Å². The molecule has 0 unspecified atom stereocenters. The molecule has 7 heteroatoms. The first-order chi connectivity index (χ1) is 16.5. The number of aromatic nitrogens is 1. The summed E-state index contributed by atoms with van der Waals surface area (Å²) in [5.74, 6) is -0.279. The molecule has 3 aromatic carbocycles. The van der Waals surface area contributed by atoms with E-state index in [0.29, 0.717) is 31.8 Å². The number of rotatable bonds is 2. The zero-order valence-corrected chi connectivity index (χ0v) is 19.8. The number of piperazine rings is 1. The van der Waals surface area contributed by atoms with Crippen molar-refractivity contribution in [3.63, 3.8) is 0 Å². The first-order valence-corrected chi connectivity index (χ1v) is 12.2. The molecule has 5 aromatic rings. The van der Waals surface area contributed by atoms with Gasteiger partial charge >= 0.3 is 5.63 Å². The van der Waals surface area contributed by atoms with Gasteiger partial charge < -0.3 is 14.2 Å². The average Bonchev–Trinajstić information content (AvgIpc) is 3.28. The van der Waals surface area contributed by atoms with Crippen molar-refractivity contribution < 1.29 is 9.21 Å². The van der Waals surface area contributed by atoms with Gasteiger partial charge in [0, 0.05) is 31.6 Å². The van der Waals surface area contributed by atoms with Gasteiger partial charge in [0.1, 0.15) is 11.1 Å². The first kappa shape index (κ1) is 20.9. The molecule has 1 saturated heterocycles. The van der Waals surface area contributed by atoms with E-state index in [1.807, 2.05) is 30.3 Å². The van der Waals surface area contributed by atoms with Gasteiger partial charge in [-0.3, -0.25) is 4.79 Å². The topological polar surface area (TPSA) is 66.7 Å². The number of amides is 1. The summed E-state index contributed by atoms with van der Waals surface area (Å²) in [6, 6.07) is 17.6. The minimum Gasteiger partial charge on any atom is -0.422 e. The van der Waals surface area contributed by atoms with Crippen LogP contribution in [0.5, 0.6) is 0 Å². The highest BCUT2D eigenvalue weighted by atomic mass is 32.1. The van der Waals surface area contributed by atoms with Crippen molar-refractivity contribution in [1.29, 1.82) is 0 Å². The van der Waals surface area contributed by atoms with E-state index in [-0.39, 0.29) is 11.5 Å². The van der Waals surface area contributed by atoms with Crippen LogP contribution >= 0.6 is 11.3 Å². The highest BCUT2D eigenvalue weighted by Crippen LogP contribution is 2.32. The number of thiazole rings is 1. The number of anilines is 1. The molecule has 6 rings (SSSR count). The maximum absolute atomic E-state index is 13.3. The lowest BCUT2D eigenvalue weighted by molar-refractivity contribution is 0.0742. The molecule has 6 nitrogen and oxygen atoms in total. The van der Waals surface area contributed by atoms with Gasteiger partial charge in [-0.05, 0) is 53.9 Å². The van der Waals surface area contributed by atoms with Crippen molar-refractivity contribution >= 4 is 54.3 Å². The lowest BCUT2D eigenvalue weighted by atomic mass is 10.0. The number of carbonyl (C=O) groups excluding carboxylic acids is 1. The van der Waals surface area contributed by atoms with Gasteiger partial charge in [0.15, 0.2) is 5.13 Å². The molecule has 1 fully saturated rings. The van der Waals surface area contributed by atoms with Crippen molar-refractivity contribution in [2.75, 3.05) is 31.1 Å². The summed E-state index contributed by atoms with van der Waals surface area (Å²) in [4.78, 5) is 34.8. The summed E-state index contributed by atoms with van der Waals surface area (Å²) in [6.45, 7) is 6.59. The van der Waals surface area contributed by atoms with Gasteiger partial charge in [-0.1, -0.05) is 47.7 Å². The first-order valence-electron chi connectivity index (χ1n) is 11.4. The molecule has 1 aliphatic heterocycles. The van der Waals surface area contributed by atoms with Gasteiger partial charge in [0.25, 0.3) is 5.91 Å². The third-order valence-electron chi connectivity index (χ3n) is 6.53. The average molecular weight is 470 g/mol. The molecule has 0 saturated carbocycles. The van der Waals surface area contributed by atoms with E-state index in [2.05, 4.69) is 30.9 Å². The minimum absolute atomic E-state index is 0.0865. The van der Waals surface area contributed by atoms with Crippen molar-refractivity contribution in [2.24, 2.45) is 0 Å². The molecule has 2 aromatic heterocycles. The molecule has 0 N–H and O–H groups in total. The smallest absolute Gasteiger partial charge is 0.349 e. The van der Waals surface area contributed by atoms with Gasteiger partial charge in [0.05, 0.1) is 10.2 Å². The molecule has 0 spiro atoms. The van der Waals surface area contributed by atoms with Crippen LogP contribution < -0.4 is 10.5 Å². The van der Waals surface area contributed by atoms with Crippen LogP contribution in [0.4, 0.5) is 5.13 Å². The Labute approximate surface area is 200 Å². The Kier molecular flexibility index (Phi) is 4.88. The molecule has 170 valence electrons. The van der Waals surface area contributed by atoms with Crippen LogP contribution in [0.2, 0.25) is 0 Å². The van der Waals surface area contributed by atoms with E-state index in [4.69, 9.17) is 9.40 Å². The number of nitrogens with zero attached hydrogens (tertiary/aromatic N) is 3. The Morgan fingerprint density at radius 2 is 1.76 bits per heavy atom. The van der Waals surface area contributed by atoms with Crippen LogP contribution in [-0.2, 0) is 0 Å². The Hall–Kier alpha value is -3.71. The molecule has 1 amide bonds. The summed E-state index contributed by atoms with van der Waals surface area (Å²) in [6.07, 6.45) is 0. The second-order valence-corrected chi connectivity index (χ2v) is 9.86. The lowest BCUT2D eigenvalue weighted by Crippen LogP contribution is -2.49. The van der Waals surface area contributed by atoms with Crippen molar-refractivity contribution in [1.82, 2.24) is 9.88 Å². The second kappa shape index (κ2) is 7.95. The molecule has 0 radical (unpaired) electrons. The number of fused-ring (bicyclic) bond motifs is 4. The van der Waals surface area contributed by atoms with E-state index in [0.717, 1.165) is 26.8 Å². The molecule has 0 atom stereocenters. The summed E-state index contributed by atoms with van der Waals surface area (Å²) < 4.78 is 6.72. The minimum atomic E-state index is -0.591. The number of hydrogen-bond donors (Lipinski definition) is 0. The molecule has 1 aliphatic rings. The monoisotopic (exact) mass is 469 g/mol. The predicted octanol–water partition coefficient (Wildman–Crippen LogP) is 5.14. The summed E-state index contributed by atoms with van der Waals surface area (Å²) in [5.41, 5.74) is 3.45. The van der Waals surface area contributed by atoms with E-state index in [9.17, 15) is 9.59 Å². The van der Waals surface area contributed by atoms with Gasteiger partial charge in [0.2, 0.25) is 0 Å². The van der Waals surface area contributed by atoms with Crippen LogP contribution in [0.3, 0.4) is 0 Å². The fourth-order valence-electron chi connectivity index (χ4n) is 4.79. The van der Waals surface area contributed by atoms with Crippen LogP contribution in [-0.4, -0.2) is 42.0 Å².